The van der Waals surface area contributed by atoms with Crippen LogP contribution in [0.2, 0.25) is 0 Å². The van der Waals surface area contributed by atoms with Gasteiger partial charge in [-0.25, -0.2) is 0 Å². The van der Waals surface area contributed by atoms with Crippen molar-refractivity contribution in [2.45, 2.75) is 65.3 Å². The van der Waals surface area contributed by atoms with Crippen molar-refractivity contribution in [2.75, 3.05) is 13.1 Å². The van der Waals surface area contributed by atoms with Gasteiger partial charge >= 0.3 is 0 Å². The zero-order valence-corrected chi connectivity index (χ0v) is 15.4. The van der Waals surface area contributed by atoms with Crippen LogP contribution in [-0.4, -0.2) is 29.9 Å². The molecule has 1 aromatic rings. The quantitative estimate of drug-likeness (QED) is 0.927. The standard InChI is InChI=1S/C20H32N2O/c1-19(2,3)16-9-6-15(7-10-16)8-11-18(23)22-13-12-17(21)20(4,5)14-22/h6-7,9-10,17H,8,11-14,21H2,1-5H3. The molecule has 1 aliphatic heterocycles. The minimum Gasteiger partial charge on any atom is -0.342 e. The Morgan fingerprint density at radius 1 is 1.26 bits per heavy atom. The number of hydrogen-bond acceptors (Lipinski definition) is 2. The lowest BCUT2D eigenvalue weighted by Crippen LogP contribution is -2.54. The second-order valence-electron chi connectivity index (χ2n) is 8.65. The van der Waals surface area contributed by atoms with Crippen LogP contribution in [0.4, 0.5) is 0 Å². The first-order valence-corrected chi connectivity index (χ1v) is 8.72. The Balaban J connectivity index is 1.90. The Hall–Kier alpha value is -1.35. The molecule has 23 heavy (non-hydrogen) atoms. The van der Waals surface area contributed by atoms with Gasteiger partial charge in [-0.2, -0.15) is 0 Å². The Labute approximate surface area is 141 Å². The third-order valence-corrected chi connectivity index (χ3v) is 5.11. The topological polar surface area (TPSA) is 46.3 Å². The first-order chi connectivity index (χ1) is 10.6. The second-order valence-corrected chi connectivity index (χ2v) is 8.65. The molecule has 128 valence electrons. The number of rotatable bonds is 3. The summed E-state index contributed by atoms with van der Waals surface area (Å²) in [5.74, 6) is 0.255. The van der Waals surface area contributed by atoms with E-state index in [1.807, 2.05) is 4.90 Å². The number of carbonyl (C=O) groups excluding carboxylic acids is 1. The van der Waals surface area contributed by atoms with Gasteiger partial charge < -0.3 is 10.6 Å². The van der Waals surface area contributed by atoms with Crippen LogP contribution in [-0.2, 0) is 16.6 Å². The molecular weight excluding hydrogens is 284 g/mol. The summed E-state index contributed by atoms with van der Waals surface area (Å²) < 4.78 is 0. The molecule has 0 aliphatic carbocycles. The molecule has 1 fully saturated rings. The molecular formula is C20H32N2O. The fourth-order valence-corrected chi connectivity index (χ4v) is 3.17. The van der Waals surface area contributed by atoms with E-state index in [9.17, 15) is 4.79 Å². The van der Waals surface area contributed by atoms with E-state index < -0.39 is 0 Å². The van der Waals surface area contributed by atoms with Gasteiger partial charge in [0.2, 0.25) is 5.91 Å². The third-order valence-electron chi connectivity index (χ3n) is 5.11. The molecule has 1 unspecified atom stereocenters. The van der Waals surface area contributed by atoms with Crippen molar-refractivity contribution >= 4 is 5.91 Å². The molecule has 0 saturated carbocycles. The molecule has 1 amide bonds. The number of hydrogen-bond donors (Lipinski definition) is 1. The summed E-state index contributed by atoms with van der Waals surface area (Å²) in [6, 6.07) is 8.87. The average molecular weight is 316 g/mol. The molecule has 1 heterocycles. The summed E-state index contributed by atoms with van der Waals surface area (Å²) in [6.45, 7) is 12.5. The minimum absolute atomic E-state index is 0.0161. The highest BCUT2D eigenvalue weighted by Crippen LogP contribution is 2.28. The number of amides is 1. The van der Waals surface area contributed by atoms with E-state index in [0.717, 1.165) is 25.9 Å². The molecule has 3 heteroatoms. The van der Waals surface area contributed by atoms with Crippen molar-refractivity contribution in [2.24, 2.45) is 11.1 Å². The second kappa shape index (κ2) is 6.64. The zero-order chi connectivity index (χ0) is 17.3. The monoisotopic (exact) mass is 316 g/mol. The fourth-order valence-electron chi connectivity index (χ4n) is 3.17. The molecule has 2 rings (SSSR count). The van der Waals surface area contributed by atoms with Crippen LogP contribution in [0, 0.1) is 5.41 Å². The van der Waals surface area contributed by atoms with Gasteiger partial charge in [-0.3, -0.25) is 4.79 Å². The van der Waals surface area contributed by atoms with Crippen molar-refractivity contribution in [3.05, 3.63) is 35.4 Å². The zero-order valence-electron chi connectivity index (χ0n) is 15.4. The number of benzene rings is 1. The van der Waals surface area contributed by atoms with Gasteiger partial charge in [-0.15, -0.1) is 0 Å². The average Bonchev–Trinajstić information content (AvgIpc) is 2.47. The maximum atomic E-state index is 12.5. The van der Waals surface area contributed by atoms with E-state index in [1.54, 1.807) is 0 Å². The summed E-state index contributed by atoms with van der Waals surface area (Å²) in [5.41, 5.74) is 8.91. The molecule has 0 spiro atoms. The molecule has 3 nitrogen and oxygen atoms in total. The van der Waals surface area contributed by atoms with Crippen LogP contribution in [0.5, 0.6) is 0 Å². The minimum atomic E-state index is 0.0161. The van der Waals surface area contributed by atoms with Gasteiger partial charge in [0.15, 0.2) is 0 Å². The SMILES string of the molecule is CC(C)(C)c1ccc(CCC(=O)N2CCC(N)C(C)(C)C2)cc1. The fraction of sp³-hybridized carbons (Fsp3) is 0.650. The normalized spacial score (nSPS) is 21.3. The van der Waals surface area contributed by atoms with Crippen molar-refractivity contribution < 1.29 is 4.79 Å². The Morgan fingerprint density at radius 2 is 1.87 bits per heavy atom. The van der Waals surface area contributed by atoms with Crippen LogP contribution in [0.15, 0.2) is 24.3 Å². The summed E-state index contributed by atoms with van der Waals surface area (Å²) in [5, 5.41) is 0. The highest BCUT2D eigenvalue weighted by Gasteiger charge is 2.34. The molecule has 2 N–H and O–H groups in total. The van der Waals surface area contributed by atoms with Crippen LogP contribution >= 0.6 is 0 Å². The van der Waals surface area contributed by atoms with E-state index in [4.69, 9.17) is 5.73 Å². The Bertz CT molecular complexity index is 540. The highest BCUT2D eigenvalue weighted by atomic mass is 16.2. The molecule has 1 aromatic carbocycles. The largest absolute Gasteiger partial charge is 0.342 e. The molecule has 0 radical (unpaired) electrons. The lowest BCUT2D eigenvalue weighted by molar-refractivity contribution is -0.134. The predicted octanol–water partition coefficient (Wildman–Crippen LogP) is 3.50. The van der Waals surface area contributed by atoms with Gasteiger partial charge in [0.1, 0.15) is 0 Å². The van der Waals surface area contributed by atoms with Gasteiger partial charge in [-0.1, -0.05) is 58.9 Å². The Morgan fingerprint density at radius 3 is 2.39 bits per heavy atom. The third kappa shape index (κ3) is 4.57. The van der Waals surface area contributed by atoms with Crippen LogP contribution in [0.25, 0.3) is 0 Å². The van der Waals surface area contributed by atoms with E-state index in [1.165, 1.54) is 11.1 Å². The predicted molar refractivity (Wildman–Crippen MR) is 96.4 cm³/mol. The Kier molecular flexibility index (Phi) is 5.20. The maximum Gasteiger partial charge on any atom is 0.222 e. The van der Waals surface area contributed by atoms with E-state index in [0.29, 0.717) is 6.42 Å². The van der Waals surface area contributed by atoms with Gasteiger partial charge in [0, 0.05) is 25.6 Å². The lowest BCUT2D eigenvalue weighted by Gasteiger charge is -2.42. The van der Waals surface area contributed by atoms with Crippen molar-refractivity contribution in [3.8, 4) is 0 Å². The molecule has 1 saturated heterocycles. The number of aryl methyl sites for hydroxylation is 1. The first kappa shape index (κ1) is 18.0. The summed E-state index contributed by atoms with van der Waals surface area (Å²) in [4.78, 5) is 14.5. The number of nitrogens with two attached hydrogens (primary N) is 1. The summed E-state index contributed by atoms with van der Waals surface area (Å²) >= 11 is 0. The molecule has 1 atom stereocenters. The smallest absolute Gasteiger partial charge is 0.222 e. The molecule has 0 aromatic heterocycles. The lowest BCUT2D eigenvalue weighted by atomic mass is 9.79. The van der Waals surface area contributed by atoms with Gasteiger partial charge in [0.05, 0.1) is 0 Å². The number of carbonyl (C=O) groups is 1. The summed E-state index contributed by atoms with van der Waals surface area (Å²) in [7, 11) is 0. The van der Waals surface area contributed by atoms with Crippen molar-refractivity contribution in [1.29, 1.82) is 0 Å². The summed E-state index contributed by atoms with van der Waals surface area (Å²) in [6.07, 6.45) is 2.30. The van der Waals surface area contributed by atoms with E-state index in [2.05, 4.69) is 58.9 Å². The van der Waals surface area contributed by atoms with Gasteiger partial charge in [0.25, 0.3) is 0 Å². The molecule has 1 aliphatic rings. The maximum absolute atomic E-state index is 12.5. The van der Waals surface area contributed by atoms with Crippen LogP contribution < -0.4 is 5.73 Å². The number of piperidine rings is 1. The highest BCUT2D eigenvalue weighted by molar-refractivity contribution is 5.76. The van der Waals surface area contributed by atoms with Crippen molar-refractivity contribution in [3.63, 3.8) is 0 Å². The van der Waals surface area contributed by atoms with Crippen LogP contribution in [0.3, 0.4) is 0 Å². The number of likely N-dealkylation sites (tertiary alicyclic amines) is 1. The number of nitrogens with zero attached hydrogens (tertiary/aromatic N) is 1. The van der Waals surface area contributed by atoms with E-state index in [-0.39, 0.29) is 22.8 Å². The van der Waals surface area contributed by atoms with Gasteiger partial charge in [-0.05, 0) is 34.8 Å². The molecule has 0 bridgehead atoms. The van der Waals surface area contributed by atoms with Crippen molar-refractivity contribution in [1.82, 2.24) is 4.90 Å². The van der Waals surface area contributed by atoms with Crippen LogP contribution in [0.1, 0.15) is 58.6 Å². The van der Waals surface area contributed by atoms with E-state index >= 15 is 0 Å². The first-order valence-electron chi connectivity index (χ1n) is 8.72.